The van der Waals surface area contributed by atoms with Crippen LogP contribution in [0.4, 0.5) is 4.39 Å². The number of benzene rings is 1. The lowest BCUT2D eigenvalue weighted by Gasteiger charge is -2.11. The summed E-state index contributed by atoms with van der Waals surface area (Å²) in [6.45, 7) is 3.41. The zero-order chi connectivity index (χ0) is 14.5. The highest BCUT2D eigenvalue weighted by Crippen LogP contribution is 2.26. The molecule has 2 unspecified atom stereocenters. The summed E-state index contributed by atoms with van der Waals surface area (Å²) < 4.78 is 24.3. The Balaban J connectivity index is 2.05. The Morgan fingerprint density at radius 3 is 2.80 bits per heavy atom. The summed E-state index contributed by atoms with van der Waals surface area (Å²) in [5.41, 5.74) is 0. The average Bonchev–Trinajstić information content (AvgIpc) is 2.89. The van der Waals surface area contributed by atoms with E-state index in [1.807, 2.05) is 0 Å². The molecule has 0 aliphatic rings. The summed E-state index contributed by atoms with van der Waals surface area (Å²) in [6, 6.07) is 8.14. The van der Waals surface area contributed by atoms with Crippen LogP contribution in [0.5, 0.6) is 5.75 Å². The van der Waals surface area contributed by atoms with Crippen LogP contribution in [0.3, 0.4) is 0 Å². The average molecular weight is 293 g/mol. The number of ether oxygens (including phenoxy) is 1. The summed E-state index contributed by atoms with van der Waals surface area (Å²) in [5.74, 6) is -0.0924. The van der Waals surface area contributed by atoms with Crippen molar-refractivity contribution >= 4 is 11.8 Å². The molecule has 0 amide bonds. The number of thioether (sulfide) groups is 1. The summed E-state index contributed by atoms with van der Waals surface area (Å²) in [5, 5.41) is 16.4. The van der Waals surface area contributed by atoms with Crippen molar-refractivity contribution in [1.82, 2.24) is 10.2 Å². The number of hydrogen-bond acceptors (Lipinski definition) is 6. The zero-order valence-corrected chi connectivity index (χ0v) is 11.7. The fourth-order valence-corrected chi connectivity index (χ4v) is 1.97. The maximum Gasteiger partial charge on any atom is 0.278 e. The van der Waals surface area contributed by atoms with E-state index in [-0.39, 0.29) is 22.1 Å². The number of nitriles is 1. The number of hydrogen-bond donors (Lipinski definition) is 0. The second kappa shape index (κ2) is 6.39. The summed E-state index contributed by atoms with van der Waals surface area (Å²) in [6.07, 6.45) is -0.578. The topological polar surface area (TPSA) is 71.9 Å². The molecule has 0 spiro atoms. The molecule has 20 heavy (non-hydrogen) atoms. The third-order valence-corrected chi connectivity index (χ3v) is 3.20. The lowest BCUT2D eigenvalue weighted by molar-refractivity contribution is 0.174. The minimum absolute atomic E-state index is 0.123. The molecule has 0 radical (unpaired) electrons. The van der Waals surface area contributed by atoms with Gasteiger partial charge in [-0.25, -0.2) is 4.39 Å². The third kappa shape index (κ3) is 3.48. The van der Waals surface area contributed by atoms with E-state index in [0.29, 0.717) is 0 Å². The molecule has 0 saturated heterocycles. The Bertz CT molecular complexity index is 626. The fourth-order valence-electron chi connectivity index (χ4n) is 1.39. The van der Waals surface area contributed by atoms with Crippen molar-refractivity contribution in [2.45, 2.75) is 30.4 Å². The van der Waals surface area contributed by atoms with Gasteiger partial charge in [-0.05, 0) is 37.7 Å². The lowest BCUT2D eigenvalue weighted by atomic mass is 10.3. The first-order valence-electron chi connectivity index (χ1n) is 5.91. The highest BCUT2D eigenvalue weighted by molar-refractivity contribution is 7.99. The summed E-state index contributed by atoms with van der Waals surface area (Å²) >= 11 is 1.16. The Kier molecular flexibility index (Phi) is 4.58. The number of halogens is 1. The molecule has 0 fully saturated rings. The molecule has 1 aromatic heterocycles. The van der Waals surface area contributed by atoms with Gasteiger partial charge < -0.3 is 9.15 Å². The molecule has 7 heteroatoms. The van der Waals surface area contributed by atoms with Crippen molar-refractivity contribution in [3.8, 4) is 11.8 Å². The smallest absolute Gasteiger partial charge is 0.278 e. The molecule has 2 aromatic rings. The van der Waals surface area contributed by atoms with E-state index in [9.17, 15) is 4.39 Å². The molecule has 0 bridgehead atoms. The SMILES string of the molecule is CC(C#N)Sc1nnc(C(C)Oc2ccccc2F)o1. The van der Waals surface area contributed by atoms with Gasteiger partial charge in [0.15, 0.2) is 17.7 Å². The van der Waals surface area contributed by atoms with Crippen molar-refractivity contribution in [2.24, 2.45) is 0 Å². The minimum atomic E-state index is -0.578. The molecule has 0 aliphatic carbocycles. The Labute approximate surface area is 119 Å². The van der Waals surface area contributed by atoms with Gasteiger partial charge in [0.05, 0.1) is 11.3 Å². The van der Waals surface area contributed by atoms with Gasteiger partial charge >= 0.3 is 0 Å². The van der Waals surface area contributed by atoms with Gasteiger partial charge in [0.1, 0.15) is 0 Å². The van der Waals surface area contributed by atoms with E-state index in [0.717, 1.165) is 11.8 Å². The second-order valence-electron chi connectivity index (χ2n) is 3.99. The number of aromatic nitrogens is 2. The van der Waals surface area contributed by atoms with Crippen LogP contribution in [0.25, 0.3) is 0 Å². The summed E-state index contributed by atoms with van der Waals surface area (Å²) in [4.78, 5) is 0. The van der Waals surface area contributed by atoms with E-state index in [2.05, 4.69) is 16.3 Å². The van der Waals surface area contributed by atoms with Crippen LogP contribution in [0.1, 0.15) is 25.8 Å². The van der Waals surface area contributed by atoms with Gasteiger partial charge in [-0.15, -0.1) is 10.2 Å². The molecule has 0 aliphatic heterocycles. The second-order valence-corrected chi connectivity index (χ2v) is 5.28. The van der Waals surface area contributed by atoms with Gasteiger partial charge in [-0.3, -0.25) is 0 Å². The molecular weight excluding hydrogens is 281 g/mol. The van der Waals surface area contributed by atoms with Crippen LogP contribution in [0.2, 0.25) is 0 Å². The molecule has 104 valence electrons. The maximum atomic E-state index is 13.5. The van der Waals surface area contributed by atoms with Crippen LogP contribution in [0.15, 0.2) is 33.9 Å². The van der Waals surface area contributed by atoms with Crippen LogP contribution in [0, 0.1) is 17.1 Å². The van der Waals surface area contributed by atoms with Gasteiger partial charge in [0.2, 0.25) is 0 Å². The molecule has 0 saturated carbocycles. The van der Waals surface area contributed by atoms with E-state index < -0.39 is 11.9 Å². The predicted octanol–water partition coefficient (Wildman–Crippen LogP) is 3.35. The minimum Gasteiger partial charge on any atom is -0.478 e. The molecule has 5 nitrogen and oxygen atoms in total. The lowest BCUT2D eigenvalue weighted by Crippen LogP contribution is -2.04. The van der Waals surface area contributed by atoms with E-state index in [4.69, 9.17) is 14.4 Å². The quantitative estimate of drug-likeness (QED) is 0.787. The maximum absolute atomic E-state index is 13.5. The normalized spacial score (nSPS) is 13.5. The van der Waals surface area contributed by atoms with Gasteiger partial charge in [0.25, 0.3) is 11.1 Å². The first kappa shape index (κ1) is 14.3. The predicted molar refractivity (Wildman–Crippen MR) is 70.7 cm³/mol. The van der Waals surface area contributed by atoms with Gasteiger partial charge in [0, 0.05) is 0 Å². The highest BCUT2D eigenvalue weighted by atomic mass is 32.2. The standard InChI is InChI=1S/C13H12FN3O2S/c1-8(7-15)20-13-17-16-12(19-13)9(2)18-11-6-4-3-5-10(11)14/h3-6,8-9H,1-2H3. The number of rotatable bonds is 5. The number of nitrogens with zero attached hydrogens (tertiary/aromatic N) is 3. The Morgan fingerprint density at radius 1 is 1.35 bits per heavy atom. The van der Waals surface area contributed by atoms with Crippen LogP contribution in [-0.2, 0) is 0 Å². The van der Waals surface area contributed by atoms with Crippen molar-refractivity contribution < 1.29 is 13.5 Å². The molecular formula is C13H12FN3O2S. The fraction of sp³-hybridized carbons (Fsp3) is 0.308. The van der Waals surface area contributed by atoms with E-state index in [1.165, 1.54) is 12.1 Å². The monoisotopic (exact) mass is 293 g/mol. The Morgan fingerprint density at radius 2 is 2.10 bits per heavy atom. The van der Waals surface area contributed by atoms with Gasteiger partial charge in [-0.1, -0.05) is 12.1 Å². The van der Waals surface area contributed by atoms with Crippen molar-refractivity contribution in [3.63, 3.8) is 0 Å². The molecule has 1 aromatic carbocycles. The van der Waals surface area contributed by atoms with Gasteiger partial charge in [-0.2, -0.15) is 5.26 Å². The number of para-hydroxylation sites is 1. The largest absolute Gasteiger partial charge is 0.478 e. The van der Waals surface area contributed by atoms with Crippen molar-refractivity contribution in [1.29, 1.82) is 5.26 Å². The molecule has 2 rings (SSSR count). The summed E-state index contributed by atoms with van der Waals surface area (Å²) in [7, 11) is 0. The van der Waals surface area contributed by atoms with Crippen molar-refractivity contribution in [3.05, 3.63) is 36.0 Å². The van der Waals surface area contributed by atoms with Crippen LogP contribution in [-0.4, -0.2) is 15.4 Å². The first-order chi connectivity index (χ1) is 9.60. The molecule has 1 heterocycles. The van der Waals surface area contributed by atoms with E-state index in [1.54, 1.807) is 26.0 Å². The highest BCUT2D eigenvalue weighted by Gasteiger charge is 2.18. The van der Waals surface area contributed by atoms with Crippen LogP contribution >= 0.6 is 11.8 Å². The first-order valence-corrected chi connectivity index (χ1v) is 6.79. The van der Waals surface area contributed by atoms with E-state index >= 15 is 0 Å². The molecule has 2 atom stereocenters. The molecule has 0 N–H and O–H groups in total. The Hall–Kier alpha value is -2.07. The van der Waals surface area contributed by atoms with Crippen molar-refractivity contribution in [2.75, 3.05) is 0 Å². The third-order valence-electron chi connectivity index (χ3n) is 2.37. The van der Waals surface area contributed by atoms with Crippen LogP contribution < -0.4 is 4.74 Å². The zero-order valence-electron chi connectivity index (χ0n) is 10.9.